The van der Waals surface area contributed by atoms with E-state index < -0.39 is 23.3 Å². The summed E-state index contributed by atoms with van der Waals surface area (Å²) in [6.07, 6.45) is -2.86. The van der Waals surface area contributed by atoms with Crippen LogP contribution in [0.5, 0.6) is 0 Å². The third kappa shape index (κ3) is 6.05. The Morgan fingerprint density at radius 3 is 2.49 bits per heavy atom. The van der Waals surface area contributed by atoms with Crippen LogP contribution in [0.25, 0.3) is 0 Å². The molecule has 2 fully saturated rings. The summed E-state index contributed by atoms with van der Waals surface area (Å²) in [6.45, 7) is 1.86. The number of carbonyl (C=O) groups is 2. The van der Waals surface area contributed by atoms with E-state index in [2.05, 4.69) is 0 Å². The van der Waals surface area contributed by atoms with Gasteiger partial charge in [0.1, 0.15) is 12.6 Å². The predicted octanol–water partition coefficient (Wildman–Crippen LogP) is 2.52. The number of anilines is 1. The monoisotopic (exact) mass is 496 g/mol. The van der Waals surface area contributed by atoms with Crippen LogP contribution < -0.4 is 4.90 Å². The summed E-state index contributed by atoms with van der Waals surface area (Å²) in [6, 6.07) is 4.77. The Hall–Kier alpha value is -2.84. The van der Waals surface area contributed by atoms with Gasteiger partial charge in [-0.05, 0) is 42.9 Å². The Bertz CT molecular complexity index is 968. The lowest BCUT2D eigenvalue weighted by molar-refractivity contribution is -0.145. The number of hydrogen-bond acceptors (Lipinski definition) is 6. The van der Waals surface area contributed by atoms with Crippen molar-refractivity contribution in [2.24, 2.45) is 5.41 Å². The molecule has 1 atom stereocenters. The molecule has 0 aromatic heterocycles. The van der Waals surface area contributed by atoms with Gasteiger partial charge in [-0.2, -0.15) is 18.4 Å². The molecule has 2 aliphatic heterocycles. The molecule has 2 aliphatic rings. The molecular weight excluding hydrogens is 465 g/mol. The Labute approximate surface area is 203 Å². The zero-order valence-corrected chi connectivity index (χ0v) is 20.2. The van der Waals surface area contributed by atoms with Gasteiger partial charge in [0.05, 0.1) is 30.4 Å². The van der Waals surface area contributed by atoms with Gasteiger partial charge in [0.2, 0.25) is 11.8 Å². The van der Waals surface area contributed by atoms with E-state index in [9.17, 15) is 22.8 Å². The Morgan fingerprint density at radius 2 is 1.91 bits per heavy atom. The maximum absolute atomic E-state index is 13.4. The van der Waals surface area contributed by atoms with Gasteiger partial charge in [-0.3, -0.25) is 9.59 Å². The van der Waals surface area contributed by atoms with Gasteiger partial charge in [-0.15, -0.1) is 0 Å². The molecule has 0 aliphatic carbocycles. The summed E-state index contributed by atoms with van der Waals surface area (Å²) in [4.78, 5) is 30.7. The number of carbonyl (C=O) groups excluding carboxylic acids is 2. The second kappa shape index (κ2) is 10.8. The van der Waals surface area contributed by atoms with E-state index >= 15 is 0 Å². The van der Waals surface area contributed by atoms with E-state index in [1.54, 1.807) is 25.1 Å². The van der Waals surface area contributed by atoms with Crippen LogP contribution in [0.4, 0.5) is 18.9 Å². The van der Waals surface area contributed by atoms with Crippen LogP contribution in [0.2, 0.25) is 0 Å². The van der Waals surface area contributed by atoms with Crippen LogP contribution in [0.1, 0.15) is 30.4 Å². The number of alkyl halides is 3. The highest BCUT2D eigenvalue weighted by atomic mass is 19.4. The van der Waals surface area contributed by atoms with Crippen molar-refractivity contribution in [1.82, 2.24) is 9.80 Å². The summed E-state index contributed by atoms with van der Waals surface area (Å²) in [7, 11) is 4.84. The van der Waals surface area contributed by atoms with Crippen molar-refractivity contribution in [3.05, 3.63) is 29.3 Å². The molecule has 0 N–H and O–H groups in total. The lowest BCUT2D eigenvalue weighted by Gasteiger charge is -2.40. The molecule has 3 rings (SSSR count). The third-order valence-electron chi connectivity index (χ3n) is 6.83. The molecule has 0 saturated carbocycles. The standard InChI is InChI=1S/C24H31F3N4O4/c1-29(2)22(33)20-13-23(16-31(20)21(32)15-35-11-10-34-3)6-8-30(9-7-23)18-5-4-17(14-28)19(12-18)24(25,26)27/h4-5,12,20H,6-11,13,15-16H2,1-3H3. The molecular formula is C24H31F3N4O4. The molecule has 35 heavy (non-hydrogen) atoms. The van der Waals surface area contributed by atoms with Crippen LogP contribution in [0, 0.1) is 16.7 Å². The van der Waals surface area contributed by atoms with E-state index in [-0.39, 0.29) is 30.4 Å². The fourth-order valence-corrected chi connectivity index (χ4v) is 4.88. The van der Waals surface area contributed by atoms with E-state index in [0.29, 0.717) is 51.2 Å². The van der Waals surface area contributed by atoms with Crippen molar-refractivity contribution in [3.63, 3.8) is 0 Å². The first-order valence-corrected chi connectivity index (χ1v) is 11.4. The molecule has 2 amide bonds. The quantitative estimate of drug-likeness (QED) is 0.540. The van der Waals surface area contributed by atoms with E-state index in [1.165, 1.54) is 24.1 Å². The molecule has 2 saturated heterocycles. The number of ether oxygens (including phenoxy) is 2. The van der Waals surface area contributed by atoms with Gasteiger partial charge < -0.3 is 24.2 Å². The lowest BCUT2D eigenvalue weighted by Crippen LogP contribution is -2.47. The zero-order valence-electron chi connectivity index (χ0n) is 20.2. The maximum Gasteiger partial charge on any atom is 0.417 e. The molecule has 11 heteroatoms. The molecule has 1 aromatic carbocycles. The van der Waals surface area contributed by atoms with Crippen molar-refractivity contribution in [2.45, 2.75) is 31.5 Å². The largest absolute Gasteiger partial charge is 0.417 e. The number of amides is 2. The van der Waals surface area contributed by atoms with Gasteiger partial charge in [-0.25, -0.2) is 0 Å². The second-order valence-electron chi connectivity index (χ2n) is 9.35. The van der Waals surface area contributed by atoms with Gasteiger partial charge in [0, 0.05) is 46.5 Å². The van der Waals surface area contributed by atoms with E-state index in [1.807, 2.05) is 4.90 Å². The molecule has 8 nitrogen and oxygen atoms in total. The number of piperidine rings is 1. The van der Waals surface area contributed by atoms with Crippen molar-refractivity contribution in [2.75, 3.05) is 65.6 Å². The summed E-state index contributed by atoms with van der Waals surface area (Å²) in [5.74, 6) is -0.418. The zero-order chi connectivity index (χ0) is 25.8. The van der Waals surface area contributed by atoms with E-state index in [0.717, 1.165) is 6.07 Å². The fraction of sp³-hybridized carbons (Fsp3) is 0.625. The van der Waals surface area contributed by atoms with Crippen molar-refractivity contribution in [1.29, 1.82) is 5.26 Å². The smallest absolute Gasteiger partial charge is 0.382 e. The number of benzene rings is 1. The highest BCUT2D eigenvalue weighted by Gasteiger charge is 2.50. The van der Waals surface area contributed by atoms with Crippen LogP contribution >= 0.6 is 0 Å². The molecule has 1 spiro atoms. The number of hydrogen-bond donors (Lipinski definition) is 0. The summed E-state index contributed by atoms with van der Waals surface area (Å²) in [5, 5.41) is 9.04. The topological polar surface area (TPSA) is 86.1 Å². The Kier molecular flexibility index (Phi) is 8.28. The summed E-state index contributed by atoms with van der Waals surface area (Å²) >= 11 is 0. The lowest BCUT2D eigenvalue weighted by atomic mass is 9.76. The molecule has 2 heterocycles. The van der Waals surface area contributed by atoms with Crippen molar-refractivity contribution < 1.29 is 32.2 Å². The Balaban J connectivity index is 1.73. The molecule has 1 unspecified atom stereocenters. The molecule has 0 radical (unpaired) electrons. The maximum atomic E-state index is 13.4. The minimum absolute atomic E-state index is 0.145. The number of likely N-dealkylation sites (tertiary alicyclic amines) is 1. The highest BCUT2D eigenvalue weighted by Crippen LogP contribution is 2.45. The minimum Gasteiger partial charge on any atom is -0.382 e. The molecule has 0 bridgehead atoms. The number of rotatable bonds is 7. The SMILES string of the molecule is COCCOCC(=O)N1CC2(CCN(c3ccc(C#N)c(C(F)(F)F)c3)CC2)CC1C(=O)N(C)C. The first-order chi connectivity index (χ1) is 16.5. The third-order valence-corrected chi connectivity index (χ3v) is 6.83. The number of halogens is 3. The number of nitriles is 1. The van der Waals surface area contributed by atoms with E-state index in [4.69, 9.17) is 14.7 Å². The highest BCUT2D eigenvalue weighted by molar-refractivity contribution is 5.88. The molecule has 1 aromatic rings. The van der Waals surface area contributed by atoms with Gasteiger partial charge >= 0.3 is 6.18 Å². The van der Waals surface area contributed by atoms with Gasteiger partial charge in [0.25, 0.3) is 0 Å². The fourth-order valence-electron chi connectivity index (χ4n) is 4.88. The van der Waals surface area contributed by atoms with Crippen molar-refractivity contribution >= 4 is 17.5 Å². The second-order valence-corrected chi connectivity index (χ2v) is 9.35. The first kappa shape index (κ1) is 26.8. The Morgan fingerprint density at radius 1 is 1.23 bits per heavy atom. The average Bonchev–Trinajstić information content (AvgIpc) is 3.19. The number of likely N-dealkylation sites (N-methyl/N-ethyl adjacent to an activating group) is 1. The minimum atomic E-state index is -4.62. The van der Waals surface area contributed by atoms with Crippen LogP contribution in [-0.4, -0.2) is 88.3 Å². The predicted molar refractivity (Wildman–Crippen MR) is 122 cm³/mol. The number of nitrogens with zero attached hydrogens (tertiary/aromatic N) is 4. The summed E-state index contributed by atoms with van der Waals surface area (Å²) < 4.78 is 50.5. The van der Waals surface area contributed by atoms with Crippen molar-refractivity contribution in [3.8, 4) is 6.07 Å². The first-order valence-electron chi connectivity index (χ1n) is 11.4. The van der Waals surface area contributed by atoms with Crippen LogP contribution in [0.3, 0.4) is 0 Å². The van der Waals surface area contributed by atoms with Crippen LogP contribution in [-0.2, 0) is 25.2 Å². The van der Waals surface area contributed by atoms with Crippen LogP contribution in [0.15, 0.2) is 18.2 Å². The van der Waals surface area contributed by atoms with Gasteiger partial charge in [0.15, 0.2) is 0 Å². The molecule has 192 valence electrons. The summed E-state index contributed by atoms with van der Waals surface area (Å²) in [5.41, 5.74) is -1.24. The average molecular weight is 497 g/mol. The van der Waals surface area contributed by atoms with Gasteiger partial charge in [-0.1, -0.05) is 0 Å². The number of methoxy groups -OCH3 is 1. The normalized spacial score (nSPS) is 19.6.